The molecule has 0 spiro atoms. The third-order valence-corrected chi connectivity index (χ3v) is 3.15. The first-order valence-electron chi connectivity index (χ1n) is 7.09. The summed E-state index contributed by atoms with van der Waals surface area (Å²) in [6, 6.07) is 9.04. The van der Waals surface area contributed by atoms with Crippen LogP contribution in [0.2, 0.25) is 0 Å². The van der Waals surface area contributed by atoms with Gasteiger partial charge in [0.05, 0.1) is 6.61 Å². The van der Waals surface area contributed by atoms with Crippen LogP contribution in [0.25, 0.3) is 0 Å². The van der Waals surface area contributed by atoms with Crippen LogP contribution in [0.3, 0.4) is 0 Å². The Kier molecular flexibility index (Phi) is 6.81. The lowest BCUT2D eigenvalue weighted by molar-refractivity contribution is 0.298. The molecule has 1 aromatic carbocycles. The van der Waals surface area contributed by atoms with E-state index in [1.165, 1.54) is 5.56 Å². The quantitative estimate of drug-likeness (QED) is 0.704. The van der Waals surface area contributed by atoms with Crippen LogP contribution in [0.1, 0.15) is 52.0 Å². The summed E-state index contributed by atoms with van der Waals surface area (Å²) < 4.78 is 5.74. The van der Waals surface area contributed by atoms with Crippen molar-refractivity contribution < 1.29 is 4.74 Å². The second-order valence-electron chi connectivity index (χ2n) is 5.17. The molecule has 0 saturated carbocycles. The Morgan fingerprint density at radius 2 is 1.78 bits per heavy atom. The molecule has 1 unspecified atom stereocenters. The van der Waals surface area contributed by atoms with Crippen LogP contribution in [0, 0.1) is 0 Å². The first-order valence-corrected chi connectivity index (χ1v) is 7.09. The normalized spacial score (nSPS) is 12.7. The lowest BCUT2D eigenvalue weighted by Gasteiger charge is -2.12. The fourth-order valence-electron chi connectivity index (χ4n) is 1.98. The fraction of sp³-hybridized carbons (Fsp3) is 0.625. The zero-order chi connectivity index (χ0) is 13.4. The van der Waals surface area contributed by atoms with Gasteiger partial charge in [0, 0.05) is 6.04 Å². The van der Waals surface area contributed by atoms with Crippen molar-refractivity contribution in [2.24, 2.45) is 0 Å². The molecule has 1 N–H and O–H groups in total. The van der Waals surface area contributed by atoms with Crippen LogP contribution in [0.5, 0.6) is 5.75 Å². The molecule has 0 aliphatic heterocycles. The van der Waals surface area contributed by atoms with E-state index in [0.29, 0.717) is 12.0 Å². The molecule has 1 atom stereocenters. The topological polar surface area (TPSA) is 21.3 Å². The molecule has 18 heavy (non-hydrogen) atoms. The Morgan fingerprint density at radius 1 is 1.11 bits per heavy atom. The Hall–Kier alpha value is -1.02. The maximum Gasteiger partial charge on any atom is 0.119 e. The van der Waals surface area contributed by atoms with Gasteiger partial charge < -0.3 is 10.1 Å². The number of rotatable bonds is 8. The van der Waals surface area contributed by atoms with E-state index >= 15 is 0 Å². The summed E-state index contributed by atoms with van der Waals surface area (Å²) in [5, 5.41) is 3.41. The molecule has 1 rings (SSSR count). The molecule has 1 aromatic rings. The highest BCUT2D eigenvalue weighted by Gasteiger charge is 2.01. The molecule has 0 saturated heterocycles. The van der Waals surface area contributed by atoms with E-state index in [1.807, 2.05) is 0 Å². The van der Waals surface area contributed by atoms with Gasteiger partial charge >= 0.3 is 0 Å². The molecule has 0 fully saturated rings. The maximum atomic E-state index is 5.74. The van der Waals surface area contributed by atoms with Gasteiger partial charge in [0.2, 0.25) is 0 Å². The Labute approximate surface area is 112 Å². The highest BCUT2D eigenvalue weighted by molar-refractivity contribution is 5.28. The van der Waals surface area contributed by atoms with Gasteiger partial charge in [0.25, 0.3) is 0 Å². The Balaban J connectivity index is 2.23. The monoisotopic (exact) mass is 249 g/mol. The molecule has 2 nitrogen and oxygen atoms in total. The minimum Gasteiger partial charge on any atom is -0.494 e. The molecule has 0 amide bonds. The molecule has 0 bridgehead atoms. The summed E-state index contributed by atoms with van der Waals surface area (Å²) in [4.78, 5) is 0. The summed E-state index contributed by atoms with van der Waals surface area (Å²) in [7, 11) is 0. The number of hydrogen-bond donors (Lipinski definition) is 1. The molecular weight excluding hydrogens is 222 g/mol. The third-order valence-electron chi connectivity index (χ3n) is 3.15. The number of hydrogen-bond acceptors (Lipinski definition) is 2. The van der Waals surface area contributed by atoms with Gasteiger partial charge in [-0.25, -0.2) is 0 Å². The number of nitrogens with one attached hydrogen (secondary N) is 1. The molecule has 0 aliphatic carbocycles. The molecule has 2 heteroatoms. The predicted octanol–water partition coefficient (Wildman–Crippen LogP) is 3.97. The average molecular weight is 249 g/mol. The van der Waals surface area contributed by atoms with Crippen LogP contribution in [-0.4, -0.2) is 19.2 Å². The van der Waals surface area contributed by atoms with E-state index in [9.17, 15) is 0 Å². The Morgan fingerprint density at radius 3 is 2.33 bits per heavy atom. The van der Waals surface area contributed by atoms with Crippen LogP contribution in [0.15, 0.2) is 24.3 Å². The summed E-state index contributed by atoms with van der Waals surface area (Å²) in [5.41, 5.74) is 1.36. The van der Waals surface area contributed by atoms with E-state index in [4.69, 9.17) is 4.74 Å². The molecule has 0 heterocycles. The van der Waals surface area contributed by atoms with Gasteiger partial charge in [-0.05, 0) is 49.9 Å². The van der Waals surface area contributed by atoms with Crippen molar-refractivity contribution in [3.8, 4) is 5.75 Å². The third kappa shape index (κ3) is 5.54. The smallest absolute Gasteiger partial charge is 0.119 e. The van der Waals surface area contributed by atoms with Gasteiger partial charge in [0.1, 0.15) is 5.75 Å². The van der Waals surface area contributed by atoms with Gasteiger partial charge in [-0.3, -0.25) is 0 Å². The van der Waals surface area contributed by atoms with Gasteiger partial charge in [-0.15, -0.1) is 0 Å². The standard InChI is InChI=1S/C16H27NO/c1-5-17-14(4)7-6-12-18-16-10-8-15(9-11-16)13(2)3/h8-11,13-14,17H,5-7,12H2,1-4H3. The predicted molar refractivity (Wildman–Crippen MR) is 78.4 cm³/mol. The summed E-state index contributed by atoms with van der Waals surface area (Å²) >= 11 is 0. The highest BCUT2D eigenvalue weighted by atomic mass is 16.5. The van der Waals surface area contributed by atoms with E-state index in [0.717, 1.165) is 31.7 Å². The zero-order valence-electron chi connectivity index (χ0n) is 12.2. The van der Waals surface area contributed by atoms with Crippen LogP contribution < -0.4 is 10.1 Å². The Bertz CT molecular complexity index is 318. The van der Waals surface area contributed by atoms with E-state index < -0.39 is 0 Å². The molecule has 102 valence electrons. The van der Waals surface area contributed by atoms with Crippen LogP contribution in [0.4, 0.5) is 0 Å². The van der Waals surface area contributed by atoms with Crippen LogP contribution in [-0.2, 0) is 0 Å². The molecule has 0 aromatic heterocycles. The average Bonchev–Trinajstić information content (AvgIpc) is 2.35. The van der Waals surface area contributed by atoms with Gasteiger partial charge in [-0.2, -0.15) is 0 Å². The number of benzene rings is 1. The van der Waals surface area contributed by atoms with Crippen LogP contribution >= 0.6 is 0 Å². The highest BCUT2D eigenvalue weighted by Crippen LogP contribution is 2.18. The minimum atomic E-state index is 0.583. The molecule has 0 aliphatic rings. The van der Waals surface area contributed by atoms with Crippen molar-refractivity contribution in [1.29, 1.82) is 0 Å². The first-order chi connectivity index (χ1) is 8.63. The maximum absolute atomic E-state index is 5.74. The summed E-state index contributed by atoms with van der Waals surface area (Å²) in [6.45, 7) is 10.6. The van der Waals surface area contributed by atoms with Crippen molar-refractivity contribution in [3.05, 3.63) is 29.8 Å². The first kappa shape index (κ1) is 15.0. The van der Waals surface area contributed by atoms with Crippen molar-refractivity contribution in [3.63, 3.8) is 0 Å². The minimum absolute atomic E-state index is 0.583. The fourth-order valence-corrected chi connectivity index (χ4v) is 1.98. The van der Waals surface area contributed by atoms with Gasteiger partial charge in [0.15, 0.2) is 0 Å². The summed E-state index contributed by atoms with van der Waals surface area (Å²) in [5.74, 6) is 1.57. The van der Waals surface area contributed by atoms with Crippen molar-refractivity contribution in [2.45, 2.75) is 52.5 Å². The largest absolute Gasteiger partial charge is 0.494 e. The van der Waals surface area contributed by atoms with E-state index in [1.54, 1.807) is 0 Å². The van der Waals surface area contributed by atoms with Crippen molar-refractivity contribution in [1.82, 2.24) is 5.32 Å². The molecular formula is C16H27NO. The molecule has 0 radical (unpaired) electrons. The van der Waals surface area contributed by atoms with E-state index in [2.05, 4.69) is 57.3 Å². The second kappa shape index (κ2) is 8.15. The second-order valence-corrected chi connectivity index (χ2v) is 5.17. The zero-order valence-corrected chi connectivity index (χ0v) is 12.2. The van der Waals surface area contributed by atoms with Crippen molar-refractivity contribution >= 4 is 0 Å². The SMILES string of the molecule is CCNC(C)CCCOc1ccc(C(C)C)cc1. The number of ether oxygens (including phenoxy) is 1. The summed E-state index contributed by atoms with van der Waals surface area (Å²) in [6.07, 6.45) is 2.26. The van der Waals surface area contributed by atoms with E-state index in [-0.39, 0.29) is 0 Å². The van der Waals surface area contributed by atoms with Crippen molar-refractivity contribution in [2.75, 3.05) is 13.2 Å². The van der Waals surface area contributed by atoms with Gasteiger partial charge in [-0.1, -0.05) is 32.9 Å². The lowest BCUT2D eigenvalue weighted by Crippen LogP contribution is -2.25. The lowest BCUT2D eigenvalue weighted by atomic mass is 10.0.